The van der Waals surface area contributed by atoms with Gasteiger partial charge in [0.2, 0.25) is 23.3 Å². The molecule has 0 fully saturated rings. The summed E-state index contributed by atoms with van der Waals surface area (Å²) in [6.07, 6.45) is 3.09. The number of aromatic nitrogens is 10. The highest BCUT2D eigenvalue weighted by molar-refractivity contribution is 9.10. The van der Waals surface area contributed by atoms with Crippen molar-refractivity contribution in [2.24, 2.45) is 0 Å². The molecular weight excluding hydrogens is 767 g/mol. The van der Waals surface area contributed by atoms with Crippen molar-refractivity contribution in [2.45, 2.75) is 48.2 Å². The normalized spacial score (nSPS) is 11.0. The molecule has 0 saturated heterocycles. The van der Waals surface area contributed by atoms with Crippen LogP contribution < -0.4 is 30.4 Å². The number of nitrogens with zero attached hydrogens (tertiary/aromatic N) is 10. The van der Waals surface area contributed by atoms with E-state index in [1.807, 2.05) is 6.92 Å². The van der Waals surface area contributed by atoms with E-state index in [0.29, 0.717) is 81.5 Å². The van der Waals surface area contributed by atoms with Crippen molar-refractivity contribution in [3.63, 3.8) is 0 Å². The average molecular weight is 799 g/mol. The lowest BCUT2D eigenvalue weighted by molar-refractivity contribution is -0.612. The number of anilines is 2. The van der Waals surface area contributed by atoms with Crippen LogP contribution in [0.2, 0.25) is 15.5 Å². The Bertz CT molecular complexity index is 2070. The number of imidazole rings is 2. The molecule has 0 bridgehead atoms. The summed E-state index contributed by atoms with van der Waals surface area (Å²) in [5.74, 6) is 1.29. The van der Waals surface area contributed by atoms with Gasteiger partial charge in [0.05, 0.1) is 49.1 Å². The van der Waals surface area contributed by atoms with Crippen LogP contribution in [-0.2, 0) is 13.1 Å². The summed E-state index contributed by atoms with van der Waals surface area (Å²) < 4.78 is 16.0. The van der Waals surface area contributed by atoms with Crippen molar-refractivity contribution in [3.8, 4) is 11.5 Å². The quantitative estimate of drug-likeness (QED) is 0.101. The van der Waals surface area contributed by atoms with Crippen molar-refractivity contribution >= 4 is 85.0 Å². The molecule has 0 atom stereocenters. The van der Waals surface area contributed by atoms with Gasteiger partial charge in [0.1, 0.15) is 40.2 Å². The molecule has 0 aliphatic heterocycles. The first-order valence-corrected chi connectivity index (χ1v) is 15.8. The Morgan fingerprint density at radius 3 is 1.57 bits per heavy atom. The van der Waals surface area contributed by atoms with Gasteiger partial charge in [-0.3, -0.25) is 0 Å². The Morgan fingerprint density at radius 1 is 0.714 bits per heavy atom. The minimum Gasteiger partial charge on any atom is -0.617 e. The maximum absolute atomic E-state index is 12.5. The molecule has 0 radical (unpaired) electrons. The number of rotatable bonds is 6. The Labute approximate surface area is 303 Å². The summed E-state index contributed by atoms with van der Waals surface area (Å²) in [4.78, 5) is 24.6. The first kappa shape index (κ1) is 37.4. The second-order valence-electron chi connectivity index (χ2n) is 10.5. The molecule has 260 valence electrons. The molecule has 6 aromatic rings. The minimum atomic E-state index is 0. The predicted molar refractivity (Wildman–Crippen MR) is 190 cm³/mol. The lowest BCUT2D eigenvalue weighted by Gasteiger charge is -2.15. The summed E-state index contributed by atoms with van der Waals surface area (Å²) in [5.41, 5.74) is 16.7. The van der Waals surface area contributed by atoms with E-state index < -0.39 is 0 Å². The second kappa shape index (κ2) is 14.6. The zero-order valence-corrected chi connectivity index (χ0v) is 30.2. The fraction of sp³-hybridized carbons (Fsp3) is 0.310. The SMILES string of the molecule is C.COc1c(C)c(Cl)[n+]([O-])c(Cn2cnc3c(Br)nc(N)nc32)c1C.COc1c(C)c(Cl)[n+]([O-])c(Cn2cnc3c(Cl)nc(N)nc32)c1C. The van der Waals surface area contributed by atoms with E-state index in [1.165, 1.54) is 13.4 Å². The lowest BCUT2D eigenvalue weighted by Crippen LogP contribution is -2.36. The number of ether oxygens (including phenoxy) is 2. The summed E-state index contributed by atoms with van der Waals surface area (Å²) >= 11 is 21.6. The van der Waals surface area contributed by atoms with E-state index >= 15 is 0 Å². The van der Waals surface area contributed by atoms with Gasteiger partial charge < -0.3 is 40.5 Å². The fourth-order valence-electron chi connectivity index (χ4n) is 5.24. The van der Waals surface area contributed by atoms with E-state index in [1.54, 1.807) is 43.3 Å². The molecule has 0 saturated carbocycles. The first-order chi connectivity index (χ1) is 22.7. The average Bonchev–Trinajstić information content (AvgIpc) is 3.64. The number of halogens is 4. The number of pyridine rings is 2. The highest BCUT2D eigenvalue weighted by atomic mass is 79.9. The van der Waals surface area contributed by atoms with Gasteiger partial charge in [0.25, 0.3) is 10.3 Å². The standard InChI is InChI=1S/C14H14BrClN6O2.C14H14Cl2N6O2.CH4/c2*1-6-8(22(23)12(16)7(2)10(6)24-3)4-21-5-18-9-11(15)19-14(17)20-13(9)21;/h2*5H,4H2,1-3H3,(H2,17,19,20);1H4. The number of hydrogen-bond donors (Lipinski definition) is 2. The van der Waals surface area contributed by atoms with Crippen LogP contribution in [0.25, 0.3) is 22.3 Å². The predicted octanol–water partition coefficient (Wildman–Crippen LogP) is 4.79. The molecule has 0 aliphatic carbocycles. The van der Waals surface area contributed by atoms with Crippen LogP contribution >= 0.6 is 50.7 Å². The highest BCUT2D eigenvalue weighted by Gasteiger charge is 2.26. The summed E-state index contributed by atoms with van der Waals surface area (Å²) in [7, 11) is 3.08. The third kappa shape index (κ3) is 6.75. The molecule has 20 heteroatoms. The van der Waals surface area contributed by atoms with Gasteiger partial charge in [-0.05, 0) is 66.8 Å². The fourth-order valence-corrected chi connectivity index (χ4v) is 6.30. The van der Waals surface area contributed by atoms with Gasteiger partial charge in [-0.2, -0.15) is 24.4 Å². The molecular formula is C29H32BrCl3N12O4. The van der Waals surface area contributed by atoms with Crippen molar-refractivity contribution in [1.29, 1.82) is 0 Å². The molecule has 0 spiro atoms. The molecule has 16 nitrogen and oxygen atoms in total. The monoisotopic (exact) mass is 796 g/mol. The molecule has 6 heterocycles. The van der Waals surface area contributed by atoms with Crippen LogP contribution in [0.4, 0.5) is 11.9 Å². The first-order valence-electron chi connectivity index (χ1n) is 13.9. The van der Waals surface area contributed by atoms with E-state index in [4.69, 9.17) is 55.7 Å². The maximum atomic E-state index is 12.5. The number of fused-ring (bicyclic) bond motifs is 2. The van der Waals surface area contributed by atoms with Gasteiger partial charge in [-0.15, -0.1) is 0 Å². The number of methoxy groups -OCH3 is 2. The topological polar surface area (TPSA) is 212 Å². The molecule has 0 unspecified atom stereocenters. The van der Waals surface area contributed by atoms with E-state index in [0.717, 1.165) is 0 Å². The van der Waals surface area contributed by atoms with Crippen LogP contribution in [0.3, 0.4) is 0 Å². The van der Waals surface area contributed by atoms with Crippen LogP contribution in [0.1, 0.15) is 41.1 Å². The smallest absolute Gasteiger partial charge is 0.293 e. The molecule has 0 amide bonds. The largest absolute Gasteiger partial charge is 0.617 e. The van der Waals surface area contributed by atoms with Gasteiger partial charge >= 0.3 is 0 Å². The third-order valence-electron chi connectivity index (χ3n) is 7.62. The minimum absolute atomic E-state index is 0. The number of nitrogen functional groups attached to an aromatic ring is 2. The lowest BCUT2D eigenvalue weighted by atomic mass is 10.1. The second-order valence-corrected chi connectivity index (χ2v) is 12.3. The van der Waals surface area contributed by atoms with Gasteiger partial charge in [-0.25, -0.2) is 15.0 Å². The summed E-state index contributed by atoms with van der Waals surface area (Å²) in [5, 5.41) is 25.3. The number of hydrogen-bond acceptors (Lipinski definition) is 12. The zero-order chi connectivity index (χ0) is 35.2. The van der Waals surface area contributed by atoms with E-state index in [2.05, 4.69) is 45.8 Å². The summed E-state index contributed by atoms with van der Waals surface area (Å²) in [6.45, 7) is 7.46. The van der Waals surface area contributed by atoms with Gasteiger partial charge in [0, 0.05) is 0 Å². The van der Waals surface area contributed by atoms with E-state index in [-0.39, 0.29) is 47.9 Å². The molecule has 4 N–H and O–H groups in total. The number of nitrogens with two attached hydrogens (primary N) is 2. The summed E-state index contributed by atoms with van der Waals surface area (Å²) in [6, 6.07) is 0. The highest BCUT2D eigenvalue weighted by Crippen LogP contribution is 2.31. The van der Waals surface area contributed by atoms with Gasteiger partial charge in [-0.1, -0.05) is 19.0 Å². The zero-order valence-electron chi connectivity index (χ0n) is 26.3. The van der Waals surface area contributed by atoms with Crippen molar-refractivity contribution in [2.75, 3.05) is 25.7 Å². The van der Waals surface area contributed by atoms with Crippen LogP contribution in [0, 0.1) is 38.1 Å². The molecule has 6 rings (SSSR count). The third-order valence-corrected chi connectivity index (χ3v) is 9.31. The van der Waals surface area contributed by atoms with E-state index in [9.17, 15) is 10.4 Å². The van der Waals surface area contributed by atoms with Crippen molar-refractivity contribution in [1.82, 2.24) is 39.0 Å². The van der Waals surface area contributed by atoms with Crippen molar-refractivity contribution < 1.29 is 18.9 Å². The maximum Gasteiger partial charge on any atom is 0.293 e. The Balaban J connectivity index is 0.000000216. The molecule has 0 aliphatic rings. The Morgan fingerprint density at radius 2 is 1.12 bits per heavy atom. The Hall–Kier alpha value is -4.45. The molecule has 0 aromatic carbocycles. The van der Waals surface area contributed by atoms with Crippen LogP contribution in [-0.4, -0.2) is 53.3 Å². The molecule has 49 heavy (non-hydrogen) atoms. The Kier molecular flexibility index (Phi) is 11.1. The van der Waals surface area contributed by atoms with Crippen molar-refractivity contribution in [3.05, 3.63) is 76.8 Å². The van der Waals surface area contributed by atoms with Crippen LogP contribution in [0.15, 0.2) is 17.3 Å². The molecule has 6 aromatic heterocycles. The van der Waals surface area contributed by atoms with Gasteiger partial charge in [0.15, 0.2) is 16.4 Å². The van der Waals surface area contributed by atoms with Crippen LogP contribution in [0.5, 0.6) is 11.5 Å².